The minimum Gasteiger partial charge on any atom is -0.493 e. The number of nitrogens with two attached hydrogens (primary N) is 1. The molecule has 0 saturated heterocycles. The molecule has 1 aromatic rings. The van der Waals surface area contributed by atoms with Gasteiger partial charge in [-0.2, -0.15) is 0 Å². The molecule has 6 nitrogen and oxygen atoms in total. The molecule has 21 heavy (non-hydrogen) atoms. The Hall–Kier alpha value is -1.60. The van der Waals surface area contributed by atoms with Gasteiger partial charge in [0, 0.05) is 6.04 Å². The molecule has 0 bridgehead atoms. The van der Waals surface area contributed by atoms with Crippen LogP contribution in [0.3, 0.4) is 0 Å². The highest BCUT2D eigenvalue weighted by Gasteiger charge is 2.19. The molecule has 0 aromatic heterocycles. The first-order valence-corrected chi connectivity index (χ1v) is 8.48. The number of nitrogens with one attached hydrogen (secondary N) is 1. The predicted octanol–water partition coefficient (Wildman–Crippen LogP) is 1.65. The number of ether oxygens (including phenoxy) is 1. The van der Waals surface area contributed by atoms with Gasteiger partial charge in [0.05, 0.1) is 17.1 Å². The number of amides is 1. The fourth-order valence-electron chi connectivity index (χ4n) is 1.90. The molecule has 118 valence electrons. The van der Waals surface area contributed by atoms with Gasteiger partial charge >= 0.3 is 0 Å². The summed E-state index contributed by atoms with van der Waals surface area (Å²) in [6, 6.07) is 4.06. The molecule has 1 aromatic carbocycles. The average molecular weight is 314 g/mol. The Morgan fingerprint density at radius 3 is 2.38 bits per heavy atom. The van der Waals surface area contributed by atoms with Crippen molar-refractivity contribution in [1.82, 2.24) is 5.32 Å². The molecule has 0 aliphatic heterocycles. The molecule has 3 N–H and O–H groups in total. The van der Waals surface area contributed by atoms with Gasteiger partial charge in [-0.1, -0.05) is 13.8 Å². The highest BCUT2D eigenvalue weighted by Crippen LogP contribution is 2.22. The van der Waals surface area contributed by atoms with Crippen molar-refractivity contribution in [3.05, 3.63) is 23.8 Å². The van der Waals surface area contributed by atoms with Crippen LogP contribution in [0.2, 0.25) is 0 Å². The lowest BCUT2D eigenvalue weighted by Crippen LogP contribution is -2.34. The van der Waals surface area contributed by atoms with E-state index in [1.165, 1.54) is 18.2 Å². The lowest BCUT2D eigenvalue weighted by Gasteiger charge is -2.17. The molecule has 0 radical (unpaired) electrons. The maximum atomic E-state index is 12.3. The number of benzene rings is 1. The van der Waals surface area contributed by atoms with E-state index in [0.29, 0.717) is 12.4 Å². The summed E-state index contributed by atoms with van der Waals surface area (Å²) >= 11 is 0. The Labute approximate surface area is 125 Å². The fraction of sp³-hybridized carbons (Fsp3) is 0.500. The van der Waals surface area contributed by atoms with E-state index in [0.717, 1.165) is 12.8 Å². The van der Waals surface area contributed by atoms with Gasteiger partial charge in [-0.25, -0.2) is 13.6 Å². The highest BCUT2D eigenvalue weighted by atomic mass is 32.2. The van der Waals surface area contributed by atoms with Crippen LogP contribution in [0, 0.1) is 0 Å². The lowest BCUT2D eigenvalue weighted by molar-refractivity contribution is 0.0931. The van der Waals surface area contributed by atoms with E-state index >= 15 is 0 Å². The molecule has 0 atom stereocenters. The van der Waals surface area contributed by atoms with Gasteiger partial charge in [0.25, 0.3) is 5.91 Å². The molecule has 0 spiro atoms. The number of hydrogen-bond acceptors (Lipinski definition) is 4. The number of hydrogen-bond donors (Lipinski definition) is 2. The van der Waals surface area contributed by atoms with Crippen molar-refractivity contribution in [3.63, 3.8) is 0 Å². The first-order chi connectivity index (χ1) is 9.83. The highest BCUT2D eigenvalue weighted by molar-refractivity contribution is 7.89. The monoisotopic (exact) mass is 314 g/mol. The Morgan fingerprint density at radius 1 is 1.29 bits per heavy atom. The number of primary sulfonamides is 1. The zero-order valence-electron chi connectivity index (χ0n) is 12.5. The second-order valence-corrected chi connectivity index (χ2v) is 6.18. The predicted molar refractivity (Wildman–Crippen MR) is 80.8 cm³/mol. The van der Waals surface area contributed by atoms with Crippen LogP contribution in [-0.4, -0.2) is 27.0 Å². The molecule has 0 saturated carbocycles. The summed E-state index contributed by atoms with van der Waals surface area (Å²) in [5, 5.41) is 7.96. The van der Waals surface area contributed by atoms with Crippen molar-refractivity contribution in [1.29, 1.82) is 0 Å². The normalized spacial score (nSPS) is 11.5. The topological polar surface area (TPSA) is 98.5 Å². The maximum Gasteiger partial charge on any atom is 0.255 e. The van der Waals surface area contributed by atoms with Crippen LogP contribution in [0.15, 0.2) is 23.1 Å². The Bertz CT molecular complexity index is 595. The Morgan fingerprint density at radius 2 is 1.90 bits per heavy atom. The Balaban J connectivity index is 3.19. The maximum absolute atomic E-state index is 12.3. The third-order valence-electron chi connectivity index (χ3n) is 3.14. The van der Waals surface area contributed by atoms with E-state index in [9.17, 15) is 13.2 Å². The van der Waals surface area contributed by atoms with Gasteiger partial charge in [0.1, 0.15) is 5.75 Å². The minimum atomic E-state index is -3.87. The summed E-state index contributed by atoms with van der Waals surface area (Å²) < 4.78 is 28.2. The molecular weight excluding hydrogens is 292 g/mol. The number of rotatable bonds is 7. The second kappa shape index (κ2) is 7.42. The van der Waals surface area contributed by atoms with Crippen molar-refractivity contribution in [3.8, 4) is 5.75 Å². The number of carbonyl (C=O) groups is 1. The van der Waals surface area contributed by atoms with Crippen LogP contribution in [-0.2, 0) is 10.0 Å². The average Bonchev–Trinajstić information content (AvgIpc) is 2.44. The van der Waals surface area contributed by atoms with Gasteiger partial charge in [-0.05, 0) is 38.0 Å². The van der Waals surface area contributed by atoms with E-state index in [1.807, 2.05) is 13.8 Å². The SMILES string of the molecule is CCOc1ccc(S(N)(=O)=O)cc1C(=O)NC(CC)CC. The van der Waals surface area contributed by atoms with Crippen molar-refractivity contribution in [2.24, 2.45) is 5.14 Å². The third-order valence-corrected chi connectivity index (χ3v) is 4.06. The Kier molecular flexibility index (Phi) is 6.17. The van der Waals surface area contributed by atoms with Gasteiger partial charge in [0.2, 0.25) is 10.0 Å². The van der Waals surface area contributed by atoms with Crippen LogP contribution >= 0.6 is 0 Å². The van der Waals surface area contributed by atoms with Crippen LogP contribution in [0.1, 0.15) is 44.0 Å². The van der Waals surface area contributed by atoms with Crippen molar-refractivity contribution in [2.45, 2.75) is 44.6 Å². The molecule has 0 aliphatic rings. The fourth-order valence-corrected chi connectivity index (χ4v) is 2.44. The molecule has 1 amide bonds. The summed E-state index contributed by atoms with van der Waals surface area (Å²) in [5.41, 5.74) is 0.176. The standard InChI is InChI=1S/C14H22N2O4S/c1-4-10(5-2)16-14(17)12-9-11(21(15,18)19)7-8-13(12)20-6-3/h7-10H,4-6H2,1-3H3,(H,16,17)(H2,15,18,19). The van der Waals surface area contributed by atoms with Crippen LogP contribution in [0.5, 0.6) is 5.75 Å². The van der Waals surface area contributed by atoms with Crippen LogP contribution in [0.4, 0.5) is 0 Å². The summed E-state index contributed by atoms with van der Waals surface area (Å²) in [6.07, 6.45) is 1.59. The van der Waals surface area contributed by atoms with Gasteiger partial charge < -0.3 is 10.1 Å². The first kappa shape index (κ1) is 17.5. The second-order valence-electron chi connectivity index (χ2n) is 4.62. The van der Waals surface area contributed by atoms with Crippen LogP contribution < -0.4 is 15.2 Å². The van der Waals surface area contributed by atoms with Crippen molar-refractivity contribution < 1.29 is 17.9 Å². The zero-order chi connectivity index (χ0) is 16.0. The van der Waals surface area contributed by atoms with E-state index in [2.05, 4.69) is 5.32 Å². The molecule has 0 heterocycles. The van der Waals surface area contributed by atoms with Crippen molar-refractivity contribution >= 4 is 15.9 Å². The van der Waals surface area contributed by atoms with E-state index in [-0.39, 0.29) is 22.4 Å². The summed E-state index contributed by atoms with van der Waals surface area (Å²) in [7, 11) is -3.87. The van der Waals surface area contributed by atoms with Crippen LogP contribution in [0.25, 0.3) is 0 Å². The summed E-state index contributed by atoms with van der Waals surface area (Å²) in [6.45, 7) is 6.10. The molecule has 1 rings (SSSR count). The minimum absolute atomic E-state index is 0.0325. The van der Waals surface area contributed by atoms with E-state index in [4.69, 9.17) is 9.88 Å². The van der Waals surface area contributed by atoms with Gasteiger partial charge in [0.15, 0.2) is 0 Å². The number of sulfonamides is 1. The molecule has 0 fully saturated rings. The van der Waals surface area contributed by atoms with E-state index < -0.39 is 10.0 Å². The smallest absolute Gasteiger partial charge is 0.255 e. The molecular formula is C14H22N2O4S. The quantitative estimate of drug-likeness (QED) is 0.799. The number of carbonyl (C=O) groups excluding carboxylic acids is 1. The molecule has 0 unspecified atom stereocenters. The summed E-state index contributed by atoms with van der Waals surface area (Å²) in [4.78, 5) is 12.2. The molecule has 0 aliphatic carbocycles. The van der Waals surface area contributed by atoms with E-state index in [1.54, 1.807) is 6.92 Å². The van der Waals surface area contributed by atoms with Crippen molar-refractivity contribution in [2.75, 3.05) is 6.61 Å². The van der Waals surface area contributed by atoms with Gasteiger partial charge in [-0.3, -0.25) is 4.79 Å². The van der Waals surface area contributed by atoms with Gasteiger partial charge in [-0.15, -0.1) is 0 Å². The zero-order valence-corrected chi connectivity index (χ0v) is 13.4. The summed E-state index contributed by atoms with van der Waals surface area (Å²) in [5.74, 6) is -0.0222. The molecule has 7 heteroatoms. The largest absolute Gasteiger partial charge is 0.493 e. The third kappa shape index (κ3) is 4.71. The lowest BCUT2D eigenvalue weighted by atomic mass is 10.1. The first-order valence-electron chi connectivity index (χ1n) is 6.93.